The van der Waals surface area contributed by atoms with Crippen molar-refractivity contribution in [3.63, 3.8) is 0 Å². The van der Waals surface area contributed by atoms with Crippen LogP contribution in [-0.2, 0) is 29.1 Å². The molecule has 7 nitrogen and oxygen atoms in total. The van der Waals surface area contributed by atoms with Crippen LogP contribution in [0.25, 0.3) is 0 Å². The zero-order chi connectivity index (χ0) is 19.3. The Bertz CT molecular complexity index is 797. The Morgan fingerprint density at radius 1 is 1.27 bits per heavy atom. The molecule has 0 aliphatic heterocycles. The van der Waals surface area contributed by atoms with Gasteiger partial charge in [-0.05, 0) is 44.4 Å². The Morgan fingerprint density at radius 3 is 2.50 bits per heavy atom. The molecule has 0 fully saturated rings. The van der Waals surface area contributed by atoms with Gasteiger partial charge in [0.2, 0.25) is 10.0 Å². The summed E-state index contributed by atoms with van der Waals surface area (Å²) in [5.74, 6) is -1.05. The second-order valence-electron chi connectivity index (χ2n) is 6.23. The number of methoxy groups -OCH3 is 1. The second-order valence-corrected chi connectivity index (χ2v) is 7.94. The number of benzene rings is 1. The quantitative estimate of drug-likeness (QED) is 0.572. The lowest BCUT2D eigenvalue weighted by Gasteiger charge is -2.17. The molecule has 142 valence electrons. The molecule has 1 aromatic carbocycles. The van der Waals surface area contributed by atoms with Gasteiger partial charge >= 0.3 is 11.9 Å². The van der Waals surface area contributed by atoms with E-state index >= 15 is 0 Å². The number of sulfonamides is 1. The molecule has 2 atom stereocenters. The number of carbonyl (C=O) groups excluding carboxylic acids is 2. The van der Waals surface area contributed by atoms with Crippen LogP contribution in [0.3, 0.4) is 0 Å². The van der Waals surface area contributed by atoms with Gasteiger partial charge < -0.3 is 9.47 Å². The van der Waals surface area contributed by atoms with Crippen molar-refractivity contribution in [3.05, 3.63) is 41.5 Å². The predicted molar refractivity (Wildman–Crippen MR) is 94.8 cm³/mol. The molecule has 8 heteroatoms. The highest BCUT2D eigenvalue weighted by Gasteiger charge is 2.29. The van der Waals surface area contributed by atoms with Crippen LogP contribution >= 0.6 is 0 Å². The molecule has 2 rings (SSSR count). The van der Waals surface area contributed by atoms with Gasteiger partial charge in [0.05, 0.1) is 12.0 Å². The smallest absolute Gasteiger partial charge is 0.324 e. The van der Waals surface area contributed by atoms with E-state index in [0.29, 0.717) is 12.8 Å². The van der Waals surface area contributed by atoms with Gasteiger partial charge in [-0.3, -0.25) is 9.59 Å². The lowest BCUT2D eigenvalue weighted by Crippen LogP contribution is -2.41. The summed E-state index contributed by atoms with van der Waals surface area (Å²) in [5.41, 5.74) is 1.78. The number of hydrogen-bond acceptors (Lipinski definition) is 6. The minimum Gasteiger partial charge on any atom is -0.468 e. The third-order valence-electron chi connectivity index (χ3n) is 4.07. The number of aryl methyl sites for hydroxylation is 1. The van der Waals surface area contributed by atoms with Crippen LogP contribution in [0.5, 0.6) is 0 Å². The number of nitrogens with one attached hydrogen (secondary N) is 1. The first kappa shape index (κ1) is 20.1. The molecule has 0 radical (unpaired) electrons. The lowest BCUT2D eigenvalue weighted by molar-refractivity contribution is -0.144. The van der Waals surface area contributed by atoms with E-state index in [9.17, 15) is 18.0 Å². The molecule has 1 aromatic rings. The number of esters is 2. The Kier molecular flexibility index (Phi) is 6.55. The molecule has 1 aliphatic rings. The summed E-state index contributed by atoms with van der Waals surface area (Å²) in [6.07, 6.45) is 2.83. The summed E-state index contributed by atoms with van der Waals surface area (Å²) >= 11 is 0. The van der Waals surface area contributed by atoms with E-state index in [2.05, 4.69) is 4.72 Å². The van der Waals surface area contributed by atoms with Crippen LogP contribution in [0.4, 0.5) is 0 Å². The molecule has 1 aliphatic carbocycles. The summed E-state index contributed by atoms with van der Waals surface area (Å²) in [6, 6.07) is 5.29. The highest BCUT2D eigenvalue weighted by atomic mass is 32.2. The minimum atomic E-state index is -3.87. The Labute approximate surface area is 153 Å². The average Bonchev–Trinajstić information content (AvgIpc) is 3.00. The van der Waals surface area contributed by atoms with E-state index in [4.69, 9.17) is 9.47 Å². The summed E-state index contributed by atoms with van der Waals surface area (Å²) in [7, 11) is -2.66. The van der Waals surface area contributed by atoms with E-state index in [1.54, 1.807) is 18.2 Å². The molecule has 0 amide bonds. The van der Waals surface area contributed by atoms with Gasteiger partial charge in [-0.15, -0.1) is 0 Å². The van der Waals surface area contributed by atoms with Crippen molar-refractivity contribution in [1.82, 2.24) is 4.72 Å². The zero-order valence-corrected chi connectivity index (χ0v) is 15.8. The topological polar surface area (TPSA) is 98.8 Å². The Morgan fingerprint density at radius 2 is 1.92 bits per heavy atom. The maximum Gasteiger partial charge on any atom is 0.324 e. The number of hydrogen-bond donors (Lipinski definition) is 1. The fraction of sp³-hybridized carbons (Fsp3) is 0.444. The third-order valence-corrected chi connectivity index (χ3v) is 5.56. The molecule has 26 heavy (non-hydrogen) atoms. The van der Waals surface area contributed by atoms with Gasteiger partial charge in [0.1, 0.15) is 12.1 Å². The number of ether oxygens (including phenoxy) is 2. The van der Waals surface area contributed by atoms with Gasteiger partial charge in [0.15, 0.2) is 0 Å². The second kappa shape index (κ2) is 8.46. The maximum atomic E-state index is 12.6. The first-order valence-corrected chi connectivity index (χ1v) is 9.73. The fourth-order valence-corrected chi connectivity index (χ4v) is 3.97. The molecule has 0 aromatic heterocycles. The molecular weight excluding hydrogens is 358 g/mol. The zero-order valence-electron chi connectivity index (χ0n) is 15.0. The standard InChI is InChI=1S/C18H23NO6S/c1-12-4-8-16(9-5-12)26(22,23)19-17(18(21)24-3)11-14-6-7-15(10-14)25-13(2)20/h4-5,8-10,15,17,19H,6-7,11H2,1-3H3/t15?,17-/m0/s1. The highest BCUT2D eigenvalue weighted by Crippen LogP contribution is 2.25. The SMILES string of the molecule is COC(=O)[C@H](CC1=CC(OC(C)=O)CC1)NS(=O)(=O)c1ccc(C)cc1. The van der Waals surface area contributed by atoms with Crippen molar-refractivity contribution >= 4 is 22.0 Å². The monoisotopic (exact) mass is 381 g/mol. The third kappa shape index (κ3) is 5.40. The normalized spacial score (nSPS) is 18.1. The van der Waals surface area contributed by atoms with Crippen LogP contribution < -0.4 is 4.72 Å². The van der Waals surface area contributed by atoms with Crippen molar-refractivity contribution in [2.45, 2.75) is 50.2 Å². The summed E-state index contributed by atoms with van der Waals surface area (Å²) in [6.45, 7) is 3.19. The highest BCUT2D eigenvalue weighted by molar-refractivity contribution is 7.89. The molecule has 0 heterocycles. The number of carbonyl (C=O) groups is 2. The van der Waals surface area contributed by atoms with Crippen LogP contribution in [0.15, 0.2) is 40.8 Å². The molecule has 0 saturated carbocycles. The van der Waals surface area contributed by atoms with Crippen LogP contribution in [0, 0.1) is 6.92 Å². The summed E-state index contributed by atoms with van der Waals surface area (Å²) in [4.78, 5) is 23.2. The average molecular weight is 381 g/mol. The number of rotatable bonds is 7. The van der Waals surface area contributed by atoms with Gasteiger partial charge in [-0.25, -0.2) is 8.42 Å². The van der Waals surface area contributed by atoms with Crippen molar-refractivity contribution < 1.29 is 27.5 Å². The molecule has 1 N–H and O–H groups in total. The first-order chi connectivity index (χ1) is 12.2. The molecule has 0 spiro atoms. The van der Waals surface area contributed by atoms with Crippen LogP contribution in [0.1, 0.15) is 31.7 Å². The van der Waals surface area contributed by atoms with E-state index in [1.165, 1.54) is 26.2 Å². The van der Waals surface area contributed by atoms with Crippen molar-refractivity contribution in [3.8, 4) is 0 Å². The predicted octanol–water partition coefficient (Wildman–Crippen LogP) is 1.86. The van der Waals surface area contributed by atoms with E-state index < -0.39 is 22.0 Å². The molecule has 1 unspecified atom stereocenters. The maximum absolute atomic E-state index is 12.6. The van der Waals surface area contributed by atoms with E-state index in [-0.39, 0.29) is 23.4 Å². The molecule has 0 bridgehead atoms. The van der Waals surface area contributed by atoms with Gasteiger partial charge in [-0.2, -0.15) is 4.72 Å². The summed E-state index contributed by atoms with van der Waals surface area (Å²) in [5, 5.41) is 0. The van der Waals surface area contributed by atoms with Crippen LogP contribution in [-0.4, -0.2) is 39.6 Å². The van der Waals surface area contributed by atoms with Crippen molar-refractivity contribution in [2.75, 3.05) is 7.11 Å². The van der Waals surface area contributed by atoms with Crippen molar-refractivity contribution in [1.29, 1.82) is 0 Å². The Hall–Kier alpha value is -2.19. The van der Waals surface area contributed by atoms with E-state index in [1.807, 2.05) is 6.92 Å². The largest absolute Gasteiger partial charge is 0.468 e. The molecule has 0 saturated heterocycles. The fourth-order valence-electron chi connectivity index (χ4n) is 2.78. The van der Waals surface area contributed by atoms with E-state index in [0.717, 1.165) is 11.1 Å². The van der Waals surface area contributed by atoms with Crippen LogP contribution in [0.2, 0.25) is 0 Å². The lowest BCUT2D eigenvalue weighted by atomic mass is 10.1. The van der Waals surface area contributed by atoms with Crippen molar-refractivity contribution in [2.24, 2.45) is 0 Å². The van der Waals surface area contributed by atoms with Gasteiger partial charge in [-0.1, -0.05) is 23.3 Å². The van der Waals surface area contributed by atoms with Gasteiger partial charge in [0, 0.05) is 6.92 Å². The first-order valence-electron chi connectivity index (χ1n) is 8.25. The summed E-state index contributed by atoms with van der Waals surface area (Å²) < 4.78 is 37.4. The van der Waals surface area contributed by atoms with Gasteiger partial charge in [0.25, 0.3) is 0 Å². The Balaban J connectivity index is 2.14. The molecular formula is C18H23NO6S. The minimum absolute atomic E-state index is 0.0789.